The predicted octanol–water partition coefficient (Wildman–Crippen LogP) is 2.57. The molecule has 106 valence electrons. The van der Waals surface area contributed by atoms with Crippen molar-refractivity contribution in [2.24, 2.45) is 0 Å². The van der Waals surface area contributed by atoms with E-state index < -0.39 is 11.9 Å². The smallest absolute Gasteiger partial charge is 0.312 e. The number of carbonyl (C=O) groups is 1. The molecule has 0 radical (unpaired) electrons. The molecule has 1 atom stereocenters. The third-order valence-corrected chi connectivity index (χ3v) is 4.02. The van der Waals surface area contributed by atoms with Crippen LogP contribution >= 0.6 is 0 Å². The lowest BCUT2D eigenvalue weighted by atomic mass is 10.0. The molecule has 4 rings (SSSR count). The summed E-state index contributed by atoms with van der Waals surface area (Å²) in [5, 5.41) is 14.2. The standard InChI is InChI=1S/C15H13N3O3/c1-8-16-14(17-21-8)9-2-3-12-10(6-9)7-13-11(15(19)20)4-5-18(12)13/h2-3,6-7,11H,4-5H2,1H3,(H,19,20). The van der Waals surface area contributed by atoms with E-state index in [2.05, 4.69) is 14.7 Å². The zero-order chi connectivity index (χ0) is 14.6. The molecule has 0 saturated heterocycles. The molecule has 0 saturated carbocycles. The first-order valence-corrected chi connectivity index (χ1v) is 6.80. The summed E-state index contributed by atoms with van der Waals surface area (Å²) in [4.78, 5) is 15.5. The van der Waals surface area contributed by atoms with Crippen LogP contribution in [0.2, 0.25) is 0 Å². The second kappa shape index (κ2) is 4.18. The van der Waals surface area contributed by atoms with Gasteiger partial charge in [0.15, 0.2) is 0 Å². The number of carboxylic acids is 1. The van der Waals surface area contributed by atoms with Gasteiger partial charge in [-0.15, -0.1) is 0 Å². The number of fused-ring (bicyclic) bond motifs is 3. The van der Waals surface area contributed by atoms with Crippen LogP contribution in [0.25, 0.3) is 22.3 Å². The minimum absolute atomic E-state index is 0.409. The fourth-order valence-corrected chi connectivity index (χ4v) is 3.04. The molecule has 1 aliphatic rings. The van der Waals surface area contributed by atoms with Gasteiger partial charge in [0.25, 0.3) is 0 Å². The molecular formula is C15H13N3O3. The quantitative estimate of drug-likeness (QED) is 0.781. The highest BCUT2D eigenvalue weighted by Gasteiger charge is 2.30. The molecule has 1 N–H and O–H groups in total. The Kier molecular flexibility index (Phi) is 2.42. The maximum absolute atomic E-state index is 11.3. The topological polar surface area (TPSA) is 81.2 Å². The summed E-state index contributed by atoms with van der Waals surface area (Å²) >= 11 is 0. The number of hydrogen-bond donors (Lipinski definition) is 1. The van der Waals surface area contributed by atoms with Crippen LogP contribution in [0.5, 0.6) is 0 Å². The lowest BCUT2D eigenvalue weighted by Crippen LogP contribution is -2.07. The van der Waals surface area contributed by atoms with Crippen LogP contribution in [0.1, 0.15) is 23.9 Å². The SMILES string of the molecule is Cc1nc(-c2ccc3c(c2)cc2n3CCC2C(=O)O)no1. The Morgan fingerprint density at radius 1 is 1.43 bits per heavy atom. The Hall–Kier alpha value is -2.63. The average Bonchev–Trinajstić information content (AvgIpc) is 3.11. The van der Waals surface area contributed by atoms with Crippen LogP contribution in [-0.2, 0) is 11.3 Å². The highest BCUT2D eigenvalue weighted by molar-refractivity contribution is 5.88. The zero-order valence-electron chi connectivity index (χ0n) is 11.4. The lowest BCUT2D eigenvalue weighted by Gasteiger charge is -2.01. The summed E-state index contributed by atoms with van der Waals surface area (Å²) in [5.74, 6) is -0.0928. The zero-order valence-corrected chi connectivity index (χ0v) is 11.4. The van der Waals surface area contributed by atoms with Crippen LogP contribution in [-0.4, -0.2) is 25.8 Å². The first-order chi connectivity index (χ1) is 10.1. The van der Waals surface area contributed by atoms with Gasteiger partial charge in [-0.25, -0.2) is 0 Å². The largest absolute Gasteiger partial charge is 0.481 e. The van der Waals surface area contributed by atoms with Crippen molar-refractivity contribution in [3.8, 4) is 11.4 Å². The monoisotopic (exact) mass is 283 g/mol. The summed E-state index contributed by atoms with van der Waals surface area (Å²) in [6, 6.07) is 7.86. The normalized spacial score (nSPS) is 17.3. The van der Waals surface area contributed by atoms with E-state index in [0.717, 1.165) is 28.7 Å². The number of hydrogen-bond acceptors (Lipinski definition) is 4. The maximum Gasteiger partial charge on any atom is 0.312 e. The molecule has 0 fully saturated rings. The Morgan fingerprint density at radius 2 is 2.29 bits per heavy atom. The molecule has 0 bridgehead atoms. The minimum Gasteiger partial charge on any atom is -0.481 e. The number of rotatable bonds is 2. The third kappa shape index (κ3) is 1.75. The Bertz CT molecular complexity index is 862. The van der Waals surface area contributed by atoms with Crippen molar-refractivity contribution in [2.75, 3.05) is 0 Å². The molecule has 21 heavy (non-hydrogen) atoms. The molecule has 0 spiro atoms. The first kappa shape index (κ1) is 12.1. The third-order valence-electron chi connectivity index (χ3n) is 4.02. The van der Waals surface area contributed by atoms with Gasteiger partial charge >= 0.3 is 5.97 Å². The van der Waals surface area contributed by atoms with Gasteiger partial charge in [0.1, 0.15) is 0 Å². The summed E-state index contributed by atoms with van der Waals surface area (Å²) in [7, 11) is 0. The molecule has 3 aromatic rings. The minimum atomic E-state index is -0.759. The summed E-state index contributed by atoms with van der Waals surface area (Å²) in [5.41, 5.74) is 2.80. The Morgan fingerprint density at radius 3 is 3.00 bits per heavy atom. The van der Waals surface area contributed by atoms with Crippen LogP contribution in [0, 0.1) is 6.92 Å². The van der Waals surface area contributed by atoms with Crippen LogP contribution in [0.4, 0.5) is 0 Å². The van der Waals surface area contributed by atoms with E-state index >= 15 is 0 Å². The van der Waals surface area contributed by atoms with Crippen LogP contribution in [0.3, 0.4) is 0 Å². The van der Waals surface area contributed by atoms with Gasteiger partial charge in [-0.2, -0.15) is 4.98 Å². The molecule has 3 heterocycles. The summed E-state index contributed by atoms with van der Waals surface area (Å²) in [6.07, 6.45) is 0.659. The molecule has 1 aliphatic heterocycles. The molecule has 0 aliphatic carbocycles. The molecule has 1 unspecified atom stereocenters. The van der Waals surface area contributed by atoms with Gasteiger partial charge in [-0.05, 0) is 30.7 Å². The number of carboxylic acid groups (broad SMARTS) is 1. The molecule has 6 heteroatoms. The molecule has 0 amide bonds. The van der Waals surface area contributed by atoms with E-state index in [1.807, 2.05) is 24.3 Å². The van der Waals surface area contributed by atoms with Crippen molar-refractivity contribution in [3.63, 3.8) is 0 Å². The van der Waals surface area contributed by atoms with Gasteiger partial charge in [-0.3, -0.25) is 4.79 Å². The molecule has 1 aromatic carbocycles. The van der Waals surface area contributed by atoms with E-state index in [1.165, 1.54) is 0 Å². The van der Waals surface area contributed by atoms with Gasteiger partial charge in [0, 0.05) is 35.6 Å². The Balaban J connectivity index is 1.85. The van der Waals surface area contributed by atoms with E-state index in [0.29, 0.717) is 18.1 Å². The second-order valence-electron chi connectivity index (χ2n) is 5.31. The van der Waals surface area contributed by atoms with Crippen LogP contribution in [0.15, 0.2) is 28.8 Å². The Labute approximate surface area is 120 Å². The van der Waals surface area contributed by atoms with E-state index in [9.17, 15) is 9.90 Å². The summed E-state index contributed by atoms with van der Waals surface area (Å²) < 4.78 is 7.08. The van der Waals surface area contributed by atoms with Crippen molar-refractivity contribution in [1.29, 1.82) is 0 Å². The highest BCUT2D eigenvalue weighted by atomic mass is 16.5. The maximum atomic E-state index is 11.3. The van der Waals surface area contributed by atoms with E-state index in [4.69, 9.17) is 4.52 Å². The number of aliphatic carboxylic acids is 1. The van der Waals surface area contributed by atoms with Gasteiger partial charge in [0.2, 0.25) is 11.7 Å². The number of nitrogens with zero attached hydrogens (tertiary/aromatic N) is 3. The predicted molar refractivity (Wildman–Crippen MR) is 75.0 cm³/mol. The highest BCUT2D eigenvalue weighted by Crippen LogP contribution is 2.35. The van der Waals surface area contributed by atoms with Gasteiger partial charge in [0.05, 0.1) is 5.92 Å². The molecule has 6 nitrogen and oxygen atoms in total. The summed E-state index contributed by atoms with van der Waals surface area (Å²) in [6.45, 7) is 2.50. The lowest BCUT2D eigenvalue weighted by molar-refractivity contribution is -0.138. The van der Waals surface area contributed by atoms with E-state index in [-0.39, 0.29) is 0 Å². The molecule has 2 aromatic heterocycles. The van der Waals surface area contributed by atoms with Gasteiger partial charge in [-0.1, -0.05) is 5.16 Å². The van der Waals surface area contributed by atoms with Crippen molar-refractivity contribution < 1.29 is 14.4 Å². The van der Waals surface area contributed by atoms with Crippen molar-refractivity contribution in [3.05, 3.63) is 35.9 Å². The number of benzene rings is 1. The second-order valence-corrected chi connectivity index (χ2v) is 5.31. The van der Waals surface area contributed by atoms with Gasteiger partial charge < -0.3 is 14.2 Å². The fraction of sp³-hybridized carbons (Fsp3) is 0.267. The molecular weight excluding hydrogens is 270 g/mol. The van der Waals surface area contributed by atoms with Crippen molar-refractivity contribution >= 4 is 16.9 Å². The van der Waals surface area contributed by atoms with E-state index in [1.54, 1.807) is 6.92 Å². The van der Waals surface area contributed by atoms with Crippen molar-refractivity contribution in [2.45, 2.75) is 25.8 Å². The number of aromatic nitrogens is 3. The van der Waals surface area contributed by atoms with Crippen LogP contribution < -0.4 is 0 Å². The average molecular weight is 283 g/mol. The fourth-order valence-electron chi connectivity index (χ4n) is 3.04. The van der Waals surface area contributed by atoms with Crippen molar-refractivity contribution in [1.82, 2.24) is 14.7 Å². The number of aryl methyl sites for hydroxylation is 2. The first-order valence-electron chi connectivity index (χ1n) is 6.80.